The summed E-state index contributed by atoms with van der Waals surface area (Å²) in [6.45, 7) is 2.84. The van der Waals surface area contributed by atoms with Crippen molar-refractivity contribution >= 4 is 23.2 Å². The molecule has 0 bridgehead atoms. The highest BCUT2D eigenvalue weighted by atomic mass is 35.5. The molecule has 1 aliphatic rings. The Morgan fingerprint density at radius 1 is 1.33 bits per heavy atom. The van der Waals surface area contributed by atoms with Gasteiger partial charge < -0.3 is 10.1 Å². The Morgan fingerprint density at radius 3 is 2.78 bits per heavy atom. The van der Waals surface area contributed by atoms with E-state index >= 15 is 0 Å². The Labute approximate surface area is 119 Å². The van der Waals surface area contributed by atoms with Gasteiger partial charge in [-0.1, -0.05) is 29.3 Å². The Morgan fingerprint density at radius 2 is 2.17 bits per heavy atom. The number of methoxy groups -OCH3 is 1. The first-order chi connectivity index (χ1) is 8.68. The number of piperidine rings is 1. The van der Waals surface area contributed by atoms with Gasteiger partial charge >= 0.3 is 0 Å². The lowest BCUT2D eigenvalue weighted by molar-refractivity contribution is 0.153. The second-order valence-electron chi connectivity index (χ2n) is 4.93. The smallest absolute Gasteiger partial charge is 0.0595 e. The van der Waals surface area contributed by atoms with E-state index in [-0.39, 0.29) is 5.41 Å². The normalized spacial score (nSPS) is 24.2. The van der Waals surface area contributed by atoms with Crippen LogP contribution in [0.3, 0.4) is 0 Å². The van der Waals surface area contributed by atoms with Crippen molar-refractivity contribution < 1.29 is 4.74 Å². The average molecular weight is 288 g/mol. The molecule has 2 rings (SSSR count). The molecular formula is C14H19Cl2NO. The van der Waals surface area contributed by atoms with Gasteiger partial charge in [-0.05, 0) is 43.5 Å². The quantitative estimate of drug-likeness (QED) is 0.913. The van der Waals surface area contributed by atoms with Crippen molar-refractivity contribution in [1.29, 1.82) is 0 Å². The first kappa shape index (κ1) is 14.1. The van der Waals surface area contributed by atoms with E-state index in [0.29, 0.717) is 10.0 Å². The van der Waals surface area contributed by atoms with Gasteiger partial charge in [0.25, 0.3) is 0 Å². The van der Waals surface area contributed by atoms with Crippen molar-refractivity contribution in [3.05, 3.63) is 33.8 Å². The van der Waals surface area contributed by atoms with E-state index in [0.717, 1.165) is 26.1 Å². The molecule has 0 spiro atoms. The largest absolute Gasteiger partial charge is 0.385 e. The third kappa shape index (κ3) is 3.00. The van der Waals surface area contributed by atoms with E-state index in [9.17, 15) is 0 Å². The number of benzene rings is 1. The summed E-state index contributed by atoms with van der Waals surface area (Å²) in [4.78, 5) is 0. The lowest BCUT2D eigenvalue weighted by Crippen LogP contribution is -2.44. The van der Waals surface area contributed by atoms with Crippen LogP contribution in [0.25, 0.3) is 0 Å². The summed E-state index contributed by atoms with van der Waals surface area (Å²) in [7, 11) is 1.75. The molecule has 100 valence electrons. The Bertz CT molecular complexity index is 403. The molecule has 0 amide bonds. The molecule has 2 nitrogen and oxygen atoms in total. The highest BCUT2D eigenvalue weighted by Gasteiger charge is 2.33. The molecule has 0 aromatic heterocycles. The van der Waals surface area contributed by atoms with Crippen LogP contribution in [-0.2, 0) is 10.2 Å². The third-order valence-corrected chi connectivity index (χ3v) is 4.53. The summed E-state index contributed by atoms with van der Waals surface area (Å²) < 4.78 is 5.26. The number of ether oxygens (including phenoxy) is 1. The van der Waals surface area contributed by atoms with Gasteiger partial charge in [0.1, 0.15) is 0 Å². The molecule has 4 heteroatoms. The minimum absolute atomic E-state index is 0.127. The standard InChI is InChI=1S/C14H19Cl2NO/c1-18-8-6-14(5-2-7-17-10-14)11-3-4-12(15)13(16)9-11/h3-4,9,17H,2,5-8,10H2,1H3. The SMILES string of the molecule is COCCC1(c2ccc(Cl)c(Cl)c2)CCCNC1. The van der Waals surface area contributed by atoms with E-state index < -0.39 is 0 Å². The molecule has 1 fully saturated rings. The van der Waals surface area contributed by atoms with Crippen molar-refractivity contribution in [3.63, 3.8) is 0 Å². The average Bonchev–Trinajstić information content (AvgIpc) is 2.40. The van der Waals surface area contributed by atoms with Gasteiger partial charge in [-0.25, -0.2) is 0 Å². The van der Waals surface area contributed by atoms with E-state index in [1.807, 2.05) is 12.1 Å². The molecule has 0 aliphatic carbocycles. The summed E-state index contributed by atoms with van der Waals surface area (Å²) >= 11 is 12.1. The summed E-state index contributed by atoms with van der Waals surface area (Å²) in [5, 5.41) is 4.74. The monoisotopic (exact) mass is 287 g/mol. The zero-order valence-electron chi connectivity index (χ0n) is 10.6. The Balaban J connectivity index is 2.29. The molecule has 1 heterocycles. The number of nitrogens with one attached hydrogen (secondary N) is 1. The van der Waals surface area contributed by atoms with Crippen LogP contribution < -0.4 is 5.32 Å². The molecule has 1 unspecified atom stereocenters. The van der Waals surface area contributed by atoms with Gasteiger partial charge in [0.2, 0.25) is 0 Å². The lowest BCUT2D eigenvalue weighted by Gasteiger charge is -2.38. The van der Waals surface area contributed by atoms with Gasteiger partial charge in [-0.15, -0.1) is 0 Å². The zero-order chi connectivity index (χ0) is 13.0. The topological polar surface area (TPSA) is 21.3 Å². The molecule has 1 aliphatic heterocycles. The van der Waals surface area contributed by atoms with Crippen molar-refractivity contribution in [3.8, 4) is 0 Å². The predicted molar refractivity (Wildman–Crippen MR) is 76.7 cm³/mol. The summed E-state index contributed by atoms with van der Waals surface area (Å²) in [5.41, 5.74) is 1.39. The number of rotatable bonds is 4. The minimum atomic E-state index is 0.127. The van der Waals surface area contributed by atoms with Crippen LogP contribution >= 0.6 is 23.2 Å². The summed E-state index contributed by atoms with van der Waals surface area (Å²) in [5.74, 6) is 0. The highest BCUT2D eigenvalue weighted by Crippen LogP contribution is 2.37. The van der Waals surface area contributed by atoms with E-state index in [1.54, 1.807) is 7.11 Å². The van der Waals surface area contributed by atoms with Gasteiger partial charge in [0.15, 0.2) is 0 Å². The van der Waals surface area contributed by atoms with Gasteiger partial charge in [-0.2, -0.15) is 0 Å². The van der Waals surface area contributed by atoms with Crippen molar-refractivity contribution in [1.82, 2.24) is 5.32 Å². The fourth-order valence-electron chi connectivity index (χ4n) is 2.70. The molecule has 1 saturated heterocycles. The van der Waals surface area contributed by atoms with Crippen molar-refractivity contribution in [2.45, 2.75) is 24.7 Å². The zero-order valence-corrected chi connectivity index (χ0v) is 12.2. The highest BCUT2D eigenvalue weighted by molar-refractivity contribution is 6.42. The number of hydrogen-bond donors (Lipinski definition) is 1. The maximum atomic E-state index is 6.15. The van der Waals surface area contributed by atoms with Gasteiger partial charge in [0, 0.05) is 25.7 Å². The van der Waals surface area contributed by atoms with E-state index in [1.165, 1.54) is 18.4 Å². The van der Waals surface area contributed by atoms with Crippen LogP contribution in [0.1, 0.15) is 24.8 Å². The fourth-order valence-corrected chi connectivity index (χ4v) is 2.99. The number of hydrogen-bond acceptors (Lipinski definition) is 2. The summed E-state index contributed by atoms with van der Waals surface area (Å²) in [6, 6.07) is 5.99. The Hall–Kier alpha value is -0.280. The lowest BCUT2D eigenvalue weighted by atomic mass is 9.72. The van der Waals surface area contributed by atoms with Crippen LogP contribution in [0, 0.1) is 0 Å². The van der Waals surface area contributed by atoms with Crippen LogP contribution in [0.4, 0.5) is 0 Å². The van der Waals surface area contributed by atoms with Crippen molar-refractivity contribution in [2.75, 3.05) is 26.8 Å². The number of halogens is 2. The van der Waals surface area contributed by atoms with Crippen LogP contribution in [-0.4, -0.2) is 26.8 Å². The van der Waals surface area contributed by atoms with Crippen LogP contribution in [0.2, 0.25) is 10.0 Å². The first-order valence-corrected chi connectivity index (χ1v) is 7.09. The van der Waals surface area contributed by atoms with E-state index in [4.69, 9.17) is 27.9 Å². The molecule has 0 radical (unpaired) electrons. The Kier molecular flexibility index (Phi) is 4.91. The van der Waals surface area contributed by atoms with Crippen molar-refractivity contribution in [2.24, 2.45) is 0 Å². The van der Waals surface area contributed by atoms with Crippen LogP contribution in [0.5, 0.6) is 0 Å². The van der Waals surface area contributed by atoms with Gasteiger partial charge in [0.05, 0.1) is 10.0 Å². The maximum absolute atomic E-state index is 6.15. The van der Waals surface area contributed by atoms with Crippen LogP contribution in [0.15, 0.2) is 18.2 Å². The summed E-state index contributed by atoms with van der Waals surface area (Å²) in [6.07, 6.45) is 3.36. The minimum Gasteiger partial charge on any atom is -0.385 e. The molecule has 1 aromatic rings. The molecule has 0 saturated carbocycles. The van der Waals surface area contributed by atoms with E-state index in [2.05, 4.69) is 11.4 Å². The molecule has 1 atom stereocenters. The third-order valence-electron chi connectivity index (χ3n) is 3.79. The molecule has 1 aromatic carbocycles. The molecular weight excluding hydrogens is 269 g/mol. The van der Waals surface area contributed by atoms with Gasteiger partial charge in [-0.3, -0.25) is 0 Å². The first-order valence-electron chi connectivity index (χ1n) is 6.33. The molecule has 18 heavy (non-hydrogen) atoms. The molecule has 1 N–H and O–H groups in total. The fraction of sp³-hybridized carbons (Fsp3) is 0.571. The maximum Gasteiger partial charge on any atom is 0.0595 e. The second kappa shape index (κ2) is 6.25. The predicted octanol–water partition coefficient (Wildman–Crippen LogP) is 3.65. The second-order valence-corrected chi connectivity index (χ2v) is 5.75.